The Bertz CT molecular complexity index is 1100. The summed E-state index contributed by atoms with van der Waals surface area (Å²) in [5, 5.41) is 0.651. The number of halogens is 6. The maximum atomic E-state index is 12.9. The molecule has 0 aliphatic carbocycles. The van der Waals surface area contributed by atoms with Crippen LogP contribution in [0.4, 0.5) is 32.0 Å². The first-order chi connectivity index (χ1) is 12.9. The van der Waals surface area contributed by atoms with Gasteiger partial charge in [-0.25, -0.2) is 8.42 Å². The van der Waals surface area contributed by atoms with Crippen LogP contribution in [0, 0.1) is 0 Å². The van der Waals surface area contributed by atoms with Gasteiger partial charge in [-0.3, -0.25) is 9.71 Å². The summed E-state index contributed by atoms with van der Waals surface area (Å²) in [6, 6.07) is 6.03. The van der Waals surface area contributed by atoms with Crippen molar-refractivity contribution in [3.8, 4) is 0 Å². The number of fused-ring (bicyclic) bond motifs is 1. The smallest absolute Gasteiger partial charge is 0.280 e. The third-order valence-corrected chi connectivity index (χ3v) is 5.21. The summed E-state index contributed by atoms with van der Waals surface area (Å²) in [4.78, 5) is 3.52. The molecule has 3 aromatic rings. The van der Waals surface area contributed by atoms with E-state index < -0.39 is 39.2 Å². The van der Waals surface area contributed by atoms with E-state index >= 15 is 0 Å². The molecule has 0 fully saturated rings. The van der Waals surface area contributed by atoms with Crippen molar-refractivity contribution in [2.45, 2.75) is 17.2 Å². The molecule has 1 N–H and O–H groups in total. The van der Waals surface area contributed by atoms with Crippen LogP contribution in [0.5, 0.6) is 0 Å². The Kier molecular flexibility index (Phi) is 4.74. The number of anilines is 1. The first-order valence-electron chi connectivity index (χ1n) is 7.53. The normalized spacial score (nSPS) is 12.9. The summed E-state index contributed by atoms with van der Waals surface area (Å²) in [5.41, 5.74) is -4.10. The molecule has 0 bridgehead atoms. The Morgan fingerprint density at radius 3 is 2.04 bits per heavy atom. The Morgan fingerprint density at radius 2 is 1.46 bits per heavy atom. The molecule has 0 amide bonds. The SMILES string of the molecule is O=S(=O)(Nc1cc(C(F)(F)F)cc(C(F)(F)F)c1)c1cccc2cnccc12. The molecule has 0 saturated heterocycles. The van der Waals surface area contributed by atoms with Gasteiger partial charge in [0.25, 0.3) is 10.0 Å². The minimum atomic E-state index is -5.09. The minimum absolute atomic E-state index is 0.0820. The van der Waals surface area contributed by atoms with Crippen LogP contribution in [0.15, 0.2) is 59.8 Å². The molecule has 1 aromatic heterocycles. The molecule has 0 spiro atoms. The lowest BCUT2D eigenvalue weighted by molar-refractivity contribution is -0.143. The summed E-state index contributed by atoms with van der Waals surface area (Å²) < 4.78 is 105. The molecule has 0 unspecified atom stereocenters. The number of nitrogens with zero attached hydrogens (tertiary/aromatic N) is 1. The Labute approximate surface area is 154 Å². The van der Waals surface area contributed by atoms with E-state index in [1.54, 1.807) is 10.8 Å². The van der Waals surface area contributed by atoms with Gasteiger partial charge in [-0.1, -0.05) is 12.1 Å². The van der Waals surface area contributed by atoms with Gasteiger partial charge in [-0.2, -0.15) is 26.3 Å². The second kappa shape index (κ2) is 6.66. The summed E-state index contributed by atoms with van der Waals surface area (Å²) in [7, 11) is -4.48. The highest BCUT2D eigenvalue weighted by molar-refractivity contribution is 7.93. The van der Waals surface area contributed by atoms with Gasteiger partial charge in [0, 0.05) is 23.2 Å². The third-order valence-electron chi connectivity index (χ3n) is 3.77. The van der Waals surface area contributed by atoms with Crippen LogP contribution >= 0.6 is 0 Å². The Hall–Kier alpha value is -2.82. The number of aromatic nitrogens is 1. The van der Waals surface area contributed by atoms with Crippen LogP contribution in [0.2, 0.25) is 0 Å². The standard InChI is InChI=1S/C17H10F6N2O2S/c18-16(19,20)11-6-12(17(21,22)23)8-13(7-11)25-28(26,27)15-3-1-2-10-9-24-5-4-14(10)15/h1-9,25H. The summed E-state index contributed by atoms with van der Waals surface area (Å²) in [6.07, 6.45) is -7.49. The van der Waals surface area contributed by atoms with Crippen molar-refractivity contribution in [3.63, 3.8) is 0 Å². The highest BCUT2D eigenvalue weighted by Gasteiger charge is 2.37. The fourth-order valence-corrected chi connectivity index (χ4v) is 3.82. The van der Waals surface area contributed by atoms with E-state index in [0.29, 0.717) is 17.5 Å². The Balaban J connectivity index is 2.12. The van der Waals surface area contributed by atoms with Gasteiger partial charge in [0.15, 0.2) is 0 Å². The molecule has 2 aromatic carbocycles. The number of hydrogen-bond donors (Lipinski definition) is 1. The van der Waals surface area contributed by atoms with Crippen molar-refractivity contribution in [2.24, 2.45) is 0 Å². The average molecular weight is 420 g/mol. The third kappa shape index (κ3) is 4.03. The lowest BCUT2D eigenvalue weighted by Gasteiger charge is -2.16. The molecule has 0 atom stereocenters. The fourth-order valence-electron chi connectivity index (χ4n) is 2.55. The van der Waals surface area contributed by atoms with Crippen molar-refractivity contribution < 1.29 is 34.8 Å². The van der Waals surface area contributed by atoms with E-state index in [9.17, 15) is 34.8 Å². The first kappa shape index (κ1) is 19.9. The molecular formula is C17H10F6N2O2S. The topological polar surface area (TPSA) is 59.1 Å². The maximum absolute atomic E-state index is 12.9. The molecule has 4 nitrogen and oxygen atoms in total. The molecule has 0 radical (unpaired) electrons. The van der Waals surface area contributed by atoms with Crippen LogP contribution in [0.1, 0.15) is 11.1 Å². The molecule has 11 heteroatoms. The lowest BCUT2D eigenvalue weighted by atomic mass is 10.1. The zero-order valence-corrected chi connectivity index (χ0v) is 14.5. The zero-order valence-electron chi connectivity index (χ0n) is 13.6. The van der Waals surface area contributed by atoms with Crippen LogP contribution in [0.25, 0.3) is 10.8 Å². The van der Waals surface area contributed by atoms with Crippen LogP contribution < -0.4 is 4.72 Å². The first-order valence-corrected chi connectivity index (χ1v) is 9.01. The van der Waals surface area contributed by atoms with Crippen molar-refractivity contribution in [1.29, 1.82) is 0 Å². The van der Waals surface area contributed by atoms with E-state index in [1.165, 1.54) is 30.6 Å². The maximum Gasteiger partial charge on any atom is 0.416 e. The van der Waals surface area contributed by atoms with Gasteiger partial charge in [-0.05, 0) is 30.3 Å². The summed E-state index contributed by atoms with van der Waals surface area (Å²) >= 11 is 0. The van der Waals surface area contributed by atoms with Gasteiger partial charge in [0.1, 0.15) is 0 Å². The average Bonchev–Trinajstić information content (AvgIpc) is 2.59. The number of alkyl halides is 6. The number of rotatable bonds is 3. The van der Waals surface area contributed by atoms with Crippen LogP contribution in [-0.2, 0) is 22.4 Å². The number of hydrogen-bond acceptors (Lipinski definition) is 3. The van der Waals surface area contributed by atoms with Crippen molar-refractivity contribution in [1.82, 2.24) is 4.98 Å². The lowest BCUT2D eigenvalue weighted by Crippen LogP contribution is -2.16. The van der Waals surface area contributed by atoms with Crippen molar-refractivity contribution in [3.05, 3.63) is 66.0 Å². The summed E-state index contributed by atoms with van der Waals surface area (Å²) in [6.45, 7) is 0. The summed E-state index contributed by atoms with van der Waals surface area (Å²) in [5.74, 6) is 0. The fraction of sp³-hybridized carbons (Fsp3) is 0.118. The second-order valence-corrected chi connectivity index (χ2v) is 7.40. The van der Waals surface area contributed by atoms with Gasteiger partial charge >= 0.3 is 12.4 Å². The zero-order chi connectivity index (χ0) is 20.7. The molecule has 28 heavy (non-hydrogen) atoms. The molecule has 148 valence electrons. The minimum Gasteiger partial charge on any atom is -0.280 e. The number of nitrogens with one attached hydrogen (secondary N) is 1. The predicted octanol–water partition coefficient (Wildman–Crippen LogP) is 5.07. The molecular weight excluding hydrogens is 410 g/mol. The monoisotopic (exact) mass is 420 g/mol. The van der Waals surface area contributed by atoms with E-state index in [4.69, 9.17) is 0 Å². The highest BCUT2D eigenvalue weighted by atomic mass is 32.2. The number of benzene rings is 2. The van der Waals surface area contributed by atoms with Gasteiger partial charge in [0.05, 0.1) is 21.7 Å². The van der Waals surface area contributed by atoms with Crippen LogP contribution in [0.3, 0.4) is 0 Å². The number of sulfonamides is 1. The highest BCUT2D eigenvalue weighted by Crippen LogP contribution is 2.38. The second-order valence-electron chi connectivity index (χ2n) is 5.75. The van der Waals surface area contributed by atoms with E-state index in [-0.39, 0.29) is 16.3 Å². The van der Waals surface area contributed by atoms with E-state index in [2.05, 4.69) is 4.98 Å². The largest absolute Gasteiger partial charge is 0.416 e. The number of pyridine rings is 1. The predicted molar refractivity (Wildman–Crippen MR) is 89.0 cm³/mol. The van der Waals surface area contributed by atoms with E-state index in [0.717, 1.165) is 0 Å². The Morgan fingerprint density at radius 1 is 0.857 bits per heavy atom. The molecule has 1 heterocycles. The molecule has 0 aliphatic heterocycles. The van der Waals surface area contributed by atoms with Crippen LogP contribution in [-0.4, -0.2) is 13.4 Å². The van der Waals surface area contributed by atoms with Crippen molar-refractivity contribution >= 4 is 26.5 Å². The molecule has 0 aliphatic rings. The van der Waals surface area contributed by atoms with E-state index in [1.807, 2.05) is 0 Å². The van der Waals surface area contributed by atoms with Gasteiger partial charge in [0.2, 0.25) is 0 Å². The molecule has 3 rings (SSSR count). The quantitative estimate of drug-likeness (QED) is 0.602. The van der Waals surface area contributed by atoms with Gasteiger partial charge in [-0.15, -0.1) is 0 Å². The van der Waals surface area contributed by atoms with Gasteiger partial charge < -0.3 is 0 Å². The van der Waals surface area contributed by atoms with Crippen molar-refractivity contribution in [2.75, 3.05) is 4.72 Å². The molecule has 0 saturated carbocycles.